The quantitative estimate of drug-likeness (QED) is 0.699. The van der Waals surface area contributed by atoms with Crippen LogP contribution in [0.4, 0.5) is 0 Å². The Hall–Kier alpha value is -0.120. The Bertz CT molecular complexity index is 438. The number of fused-ring (bicyclic) bond motifs is 1. The second kappa shape index (κ2) is 2.98. The molecule has 1 heterocycles. The summed E-state index contributed by atoms with van der Waals surface area (Å²) in [7, 11) is 0. The molecule has 0 saturated carbocycles. The van der Waals surface area contributed by atoms with E-state index in [2.05, 4.69) is 20.9 Å². The summed E-state index contributed by atoms with van der Waals surface area (Å²) in [5.41, 5.74) is 2.15. The third-order valence-corrected chi connectivity index (χ3v) is 3.49. The number of nitrogens with zero attached hydrogens (tertiary/aromatic N) is 1. The predicted molar refractivity (Wildman–Crippen MR) is 57.1 cm³/mol. The number of benzene rings is 1. The lowest BCUT2D eigenvalue weighted by molar-refractivity contribution is 1.44. The average Bonchev–Trinajstić information content (AvgIpc) is 2.29. The van der Waals surface area contributed by atoms with Crippen molar-refractivity contribution < 1.29 is 0 Å². The molecule has 0 fully saturated rings. The number of rotatable bonds is 0. The minimum Gasteiger partial charge on any atom is -0.229 e. The molecule has 62 valence electrons. The van der Waals surface area contributed by atoms with Gasteiger partial charge in [-0.2, -0.15) is 0 Å². The molecule has 12 heavy (non-hydrogen) atoms. The lowest BCUT2D eigenvalue weighted by Gasteiger charge is -1.94. The zero-order valence-electron chi connectivity index (χ0n) is 6.27. The molecule has 0 amide bonds. The van der Waals surface area contributed by atoms with E-state index in [9.17, 15) is 0 Å². The fourth-order valence-electron chi connectivity index (χ4n) is 1.13. The Morgan fingerprint density at radius 1 is 1.50 bits per heavy atom. The van der Waals surface area contributed by atoms with Gasteiger partial charge in [-0.15, -0.1) is 11.3 Å². The molecule has 0 aliphatic rings. The van der Waals surface area contributed by atoms with Gasteiger partial charge in [0.05, 0.1) is 10.2 Å². The predicted octanol–water partition coefficient (Wildman–Crippen LogP) is 4.02. The van der Waals surface area contributed by atoms with E-state index in [1.165, 1.54) is 10.3 Å². The van der Waals surface area contributed by atoms with E-state index in [4.69, 9.17) is 11.6 Å². The first-order valence-electron chi connectivity index (χ1n) is 3.39. The molecule has 0 radical (unpaired) electrons. The third-order valence-electron chi connectivity index (χ3n) is 1.61. The van der Waals surface area contributed by atoms with Crippen LogP contribution in [0.2, 0.25) is 5.02 Å². The van der Waals surface area contributed by atoms with Gasteiger partial charge in [0.25, 0.3) is 0 Å². The summed E-state index contributed by atoms with van der Waals surface area (Å²) in [6.07, 6.45) is 0. The highest BCUT2D eigenvalue weighted by atomic mass is 79.9. The molecular formula is C8H5BrClNS. The molecule has 0 unspecified atom stereocenters. The molecule has 4 heteroatoms. The van der Waals surface area contributed by atoms with Crippen LogP contribution in [0.5, 0.6) is 0 Å². The van der Waals surface area contributed by atoms with Crippen molar-refractivity contribution in [3.05, 3.63) is 26.6 Å². The van der Waals surface area contributed by atoms with E-state index in [-0.39, 0.29) is 0 Å². The van der Waals surface area contributed by atoms with E-state index in [0.29, 0.717) is 0 Å². The van der Waals surface area contributed by atoms with Crippen LogP contribution >= 0.6 is 38.9 Å². The van der Waals surface area contributed by atoms with Crippen LogP contribution in [-0.4, -0.2) is 4.98 Å². The van der Waals surface area contributed by atoms with Crippen molar-refractivity contribution >= 4 is 49.1 Å². The molecule has 0 N–H and O–H groups in total. The van der Waals surface area contributed by atoms with Gasteiger partial charge < -0.3 is 0 Å². The Labute approximate surface area is 87.5 Å². The van der Waals surface area contributed by atoms with Gasteiger partial charge >= 0.3 is 0 Å². The molecule has 0 aliphatic heterocycles. The number of aryl methyl sites for hydroxylation is 1. The normalized spacial score (nSPS) is 10.9. The molecule has 0 saturated heterocycles. The highest BCUT2D eigenvalue weighted by Gasteiger charge is 2.04. The Morgan fingerprint density at radius 3 is 3.00 bits per heavy atom. The molecule has 0 spiro atoms. The maximum atomic E-state index is 5.88. The maximum Gasteiger partial charge on any atom is 0.160 e. The molecule has 2 aromatic rings. The van der Waals surface area contributed by atoms with Crippen LogP contribution in [0.3, 0.4) is 0 Å². The zero-order valence-corrected chi connectivity index (χ0v) is 9.42. The van der Waals surface area contributed by atoms with Crippen LogP contribution in [0.25, 0.3) is 10.2 Å². The van der Waals surface area contributed by atoms with Gasteiger partial charge in [0.15, 0.2) is 3.92 Å². The largest absolute Gasteiger partial charge is 0.229 e. The van der Waals surface area contributed by atoms with Crippen molar-refractivity contribution in [2.75, 3.05) is 0 Å². The summed E-state index contributed by atoms with van der Waals surface area (Å²) in [6, 6.07) is 3.83. The Morgan fingerprint density at radius 2 is 2.25 bits per heavy atom. The van der Waals surface area contributed by atoms with Crippen molar-refractivity contribution in [2.24, 2.45) is 0 Å². The molecule has 0 aliphatic carbocycles. The van der Waals surface area contributed by atoms with E-state index < -0.39 is 0 Å². The molecule has 2 rings (SSSR count). The molecule has 1 aromatic carbocycles. The van der Waals surface area contributed by atoms with Crippen LogP contribution in [0.15, 0.2) is 16.0 Å². The number of halogens is 2. The summed E-state index contributed by atoms with van der Waals surface area (Å²) in [6.45, 7) is 2.04. The second-order valence-electron chi connectivity index (χ2n) is 2.54. The fourth-order valence-corrected chi connectivity index (χ4v) is 2.81. The van der Waals surface area contributed by atoms with Crippen molar-refractivity contribution in [1.29, 1.82) is 0 Å². The first kappa shape index (κ1) is 8.48. The van der Waals surface area contributed by atoms with Gasteiger partial charge in [-0.3, -0.25) is 0 Å². The maximum absolute atomic E-state index is 5.88. The van der Waals surface area contributed by atoms with Crippen molar-refractivity contribution in [3.63, 3.8) is 0 Å². The minimum atomic E-state index is 0.748. The summed E-state index contributed by atoms with van der Waals surface area (Å²) < 4.78 is 2.11. The molecule has 0 bridgehead atoms. The zero-order chi connectivity index (χ0) is 8.72. The summed E-state index contributed by atoms with van der Waals surface area (Å²) in [5.74, 6) is 0. The van der Waals surface area contributed by atoms with Crippen molar-refractivity contribution in [2.45, 2.75) is 6.92 Å². The molecule has 0 atom stereocenters. The van der Waals surface area contributed by atoms with Gasteiger partial charge in [0.1, 0.15) is 0 Å². The first-order chi connectivity index (χ1) is 5.66. The highest BCUT2D eigenvalue weighted by Crippen LogP contribution is 2.30. The second-order valence-corrected chi connectivity index (χ2v) is 5.25. The Balaban J connectivity index is 2.88. The smallest absolute Gasteiger partial charge is 0.160 e. The monoisotopic (exact) mass is 261 g/mol. The standard InChI is InChI=1S/C8H5BrClNS/c1-4-2-5(10)3-6-7(4)12-8(9)11-6/h2-3H,1H3. The SMILES string of the molecule is Cc1cc(Cl)cc2nc(Br)sc12. The van der Waals surface area contributed by atoms with Gasteiger partial charge in [-0.05, 0) is 40.5 Å². The average molecular weight is 263 g/mol. The highest BCUT2D eigenvalue weighted by molar-refractivity contribution is 9.11. The summed E-state index contributed by atoms with van der Waals surface area (Å²) in [5, 5.41) is 0.748. The van der Waals surface area contributed by atoms with Crippen LogP contribution in [0.1, 0.15) is 5.56 Å². The number of aromatic nitrogens is 1. The first-order valence-corrected chi connectivity index (χ1v) is 5.38. The van der Waals surface area contributed by atoms with E-state index in [0.717, 1.165) is 14.5 Å². The topological polar surface area (TPSA) is 12.9 Å². The number of thiazole rings is 1. The lowest BCUT2D eigenvalue weighted by Crippen LogP contribution is -1.73. The summed E-state index contributed by atoms with van der Waals surface area (Å²) in [4.78, 5) is 4.29. The number of hydrogen-bond donors (Lipinski definition) is 0. The van der Waals surface area contributed by atoms with Crippen LogP contribution < -0.4 is 0 Å². The van der Waals surface area contributed by atoms with E-state index in [1.54, 1.807) is 11.3 Å². The van der Waals surface area contributed by atoms with Gasteiger partial charge in [0, 0.05) is 5.02 Å². The van der Waals surface area contributed by atoms with Gasteiger partial charge in [-0.25, -0.2) is 4.98 Å². The van der Waals surface area contributed by atoms with Gasteiger partial charge in [0.2, 0.25) is 0 Å². The van der Waals surface area contributed by atoms with E-state index >= 15 is 0 Å². The minimum absolute atomic E-state index is 0.748. The lowest BCUT2D eigenvalue weighted by atomic mass is 10.2. The van der Waals surface area contributed by atoms with Crippen molar-refractivity contribution in [1.82, 2.24) is 4.98 Å². The third kappa shape index (κ3) is 1.37. The Kier molecular flexibility index (Phi) is 2.10. The van der Waals surface area contributed by atoms with Gasteiger partial charge in [-0.1, -0.05) is 11.6 Å². The summed E-state index contributed by atoms with van der Waals surface area (Å²) >= 11 is 10.9. The molecule has 1 aromatic heterocycles. The van der Waals surface area contributed by atoms with Crippen LogP contribution in [0, 0.1) is 6.92 Å². The van der Waals surface area contributed by atoms with E-state index in [1.807, 2.05) is 19.1 Å². The number of hydrogen-bond acceptors (Lipinski definition) is 2. The van der Waals surface area contributed by atoms with Crippen LogP contribution in [-0.2, 0) is 0 Å². The molecular weight excluding hydrogens is 258 g/mol. The molecule has 1 nitrogen and oxygen atoms in total. The van der Waals surface area contributed by atoms with Crippen molar-refractivity contribution in [3.8, 4) is 0 Å². The fraction of sp³-hybridized carbons (Fsp3) is 0.125.